The maximum absolute atomic E-state index is 5.45. The number of rotatable bonds is 4. The van der Waals surface area contributed by atoms with Crippen LogP contribution in [-0.4, -0.2) is 22.5 Å². The molecule has 0 aromatic carbocycles. The summed E-state index contributed by atoms with van der Waals surface area (Å²) in [5, 5.41) is 0.722. The Labute approximate surface area is 88.5 Å². The van der Waals surface area contributed by atoms with Crippen molar-refractivity contribution in [2.45, 2.75) is 30.9 Å². The minimum Gasteiger partial charge on any atom is -0.449 e. The molecule has 1 aliphatic rings. The molecule has 0 aliphatic carbocycles. The van der Waals surface area contributed by atoms with Crippen molar-refractivity contribution in [3.63, 3.8) is 0 Å². The van der Waals surface area contributed by atoms with Crippen LogP contribution in [0.15, 0.2) is 10.7 Å². The second-order valence-electron chi connectivity index (χ2n) is 3.61. The average Bonchev–Trinajstić information content (AvgIpc) is 2.79. The number of hydrogen-bond acceptors (Lipinski definition) is 4. The Hall–Kier alpha value is -0.480. The van der Waals surface area contributed by atoms with Gasteiger partial charge in [-0.15, -0.1) is 0 Å². The highest BCUT2D eigenvalue weighted by Crippen LogP contribution is 2.28. The van der Waals surface area contributed by atoms with Crippen LogP contribution in [0.3, 0.4) is 0 Å². The standard InChI is InChI=1S/C10H16N2OS/c11-4-3-8-7-13-10(12-8)6-9-2-1-5-14-9/h7,9H,1-6,11H2. The van der Waals surface area contributed by atoms with E-state index in [4.69, 9.17) is 10.2 Å². The highest BCUT2D eigenvalue weighted by atomic mass is 32.2. The maximum atomic E-state index is 5.45. The van der Waals surface area contributed by atoms with Crippen LogP contribution in [0, 0.1) is 0 Å². The first-order valence-electron chi connectivity index (χ1n) is 5.13. The van der Waals surface area contributed by atoms with Crippen molar-refractivity contribution in [2.75, 3.05) is 12.3 Å². The topological polar surface area (TPSA) is 52.0 Å². The Balaban J connectivity index is 1.88. The van der Waals surface area contributed by atoms with Gasteiger partial charge in [-0.1, -0.05) is 0 Å². The molecule has 2 heterocycles. The van der Waals surface area contributed by atoms with Gasteiger partial charge in [-0.3, -0.25) is 0 Å². The van der Waals surface area contributed by atoms with Crippen molar-refractivity contribution < 1.29 is 4.42 Å². The summed E-state index contributed by atoms with van der Waals surface area (Å²) in [6.07, 6.45) is 6.18. The first-order valence-corrected chi connectivity index (χ1v) is 6.18. The molecule has 2 N–H and O–H groups in total. The summed E-state index contributed by atoms with van der Waals surface area (Å²) >= 11 is 2.04. The summed E-state index contributed by atoms with van der Waals surface area (Å²) in [6.45, 7) is 0.643. The Morgan fingerprint density at radius 3 is 3.29 bits per heavy atom. The van der Waals surface area contributed by atoms with Crippen LogP contribution in [0.1, 0.15) is 24.4 Å². The largest absolute Gasteiger partial charge is 0.449 e. The van der Waals surface area contributed by atoms with Gasteiger partial charge in [0.05, 0.1) is 5.69 Å². The molecule has 3 nitrogen and oxygen atoms in total. The zero-order chi connectivity index (χ0) is 9.80. The molecule has 0 spiro atoms. The Bertz CT molecular complexity index is 281. The van der Waals surface area contributed by atoms with Gasteiger partial charge in [0.15, 0.2) is 5.89 Å². The molecule has 0 amide bonds. The lowest BCUT2D eigenvalue weighted by atomic mass is 10.2. The molecule has 0 radical (unpaired) electrons. The van der Waals surface area contributed by atoms with Gasteiger partial charge in [-0.2, -0.15) is 11.8 Å². The molecule has 1 aromatic heterocycles. The summed E-state index contributed by atoms with van der Waals surface area (Å²) < 4.78 is 5.40. The van der Waals surface area contributed by atoms with E-state index in [9.17, 15) is 0 Å². The van der Waals surface area contributed by atoms with E-state index < -0.39 is 0 Å². The fourth-order valence-electron chi connectivity index (χ4n) is 1.71. The number of oxazole rings is 1. The third-order valence-corrected chi connectivity index (χ3v) is 3.82. The minimum absolute atomic E-state index is 0.643. The van der Waals surface area contributed by atoms with Gasteiger partial charge >= 0.3 is 0 Å². The number of hydrogen-bond donors (Lipinski definition) is 1. The fraction of sp³-hybridized carbons (Fsp3) is 0.700. The molecule has 78 valence electrons. The lowest BCUT2D eigenvalue weighted by molar-refractivity contribution is 0.488. The Morgan fingerprint density at radius 2 is 2.57 bits per heavy atom. The van der Waals surface area contributed by atoms with Gasteiger partial charge in [0.1, 0.15) is 6.26 Å². The highest BCUT2D eigenvalue weighted by molar-refractivity contribution is 8.00. The number of thioether (sulfide) groups is 1. The quantitative estimate of drug-likeness (QED) is 0.824. The van der Waals surface area contributed by atoms with Crippen molar-refractivity contribution in [1.82, 2.24) is 4.98 Å². The van der Waals surface area contributed by atoms with E-state index in [0.717, 1.165) is 29.7 Å². The number of nitrogens with two attached hydrogens (primary N) is 1. The van der Waals surface area contributed by atoms with Gasteiger partial charge in [0.25, 0.3) is 0 Å². The molecular formula is C10H16N2OS. The Kier molecular flexibility index (Phi) is 3.48. The zero-order valence-corrected chi connectivity index (χ0v) is 9.05. The van der Waals surface area contributed by atoms with E-state index in [-0.39, 0.29) is 0 Å². The molecule has 0 bridgehead atoms. The van der Waals surface area contributed by atoms with E-state index in [1.807, 2.05) is 11.8 Å². The number of nitrogens with zero attached hydrogens (tertiary/aromatic N) is 1. The van der Waals surface area contributed by atoms with Crippen molar-refractivity contribution in [3.8, 4) is 0 Å². The van der Waals surface area contributed by atoms with Gasteiger partial charge in [0.2, 0.25) is 0 Å². The average molecular weight is 212 g/mol. The molecule has 0 saturated carbocycles. The molecule has 14 heavy (non-hydrogen) atoms. The molecule has 1 aromatic rings. The van der Waals surface area contributed by atoms with Gasteiger partial charge < -0.3 is 10.2 Å². The van der Waals surface area contributed by atoms with Crippen molar-refractivity contribution in [2.24, 2.45) is 5.73 Å². The maximum Gasteiger partial charge on any atom is 0.195 e. The zero-order valence-electron chi connectivity index (χ0n) is 8.24. The predicted molar refractivity (Wildman–Crippen MR) is 58.4 cm³/mol. The van der Waals surface area contributed by atoms with E-state index in [1.165, 1.54) is 18.6 Å². The first-order chi connectivity index (χ1) is 6.88. The lowest BCUT2D eigenvalue weighted by Crippen LogP contribution is -2.04. The molecule has 1 saturated heterocycles. The lowest BCUT2D eigenvalue weighted by Gasteiger charge is -2.02. The van der Waals surface area contributed by atoms with Crippen molar-refractivity contribution in [3.05, 3.63) is 17.8 Å². The van der Waals surface area contributed by atoms with Crippen LogP contribution in [0.25, 0.3) is 0 Å². The normalized spacial score (nSPS) is 21.6. The second-order valence-corrected chi connectivity index (χ2v) is 5.02. The molecule has 1 unspecified atom stereocenters. The van der Waals surface area contributed by atoms with Crippen LogP contribution >= 0.6 is 11.8 Å². The molecule has 1 atom stereocenters. The minimum atomic E-state index is 0.643. The van der Waals surface area contributed by atoms with E-state index >= 15 is 0 Å². The van der Waals surface area contributed by atoms with Crippen LogP contribution in [0.2, 0.25) is 0 Å². The van der Waals surface area contributed by atoms with E-state index in [1.54, 1.807) is 6.26 Å². The van der Waals surface area contributed by atoms with Gasteiger partial charge in [-0.25, -0.2) is 4.98 Å². The van der Waals surface area contributed by atoms with Crippen LogP contribution in [-0.2, 0) is 12.8 Å². The summed E-state index contributed by atoms with van der Waals surface area (Å²) in [7, 11) is 0. The van der Waals surface area contributed by atoms with Gasteiger partial charge in [0, 0.05) is 18.1 Å². The Morgan fingerprint density at radius 1 is 1.64 bits per heavy atom. The van der Waals surface area contributed by atoms with Crippen molar-refractivity contribution >= 4 is 11.8 Å². The molecule has 2 rings (SSSR count). The summed E-state index contributed by atoms with van der Waals surface area (Å²) in [4.78, 5) is 4.40. The third-order valence-electron chi connectivity index (χ3n) is 2.43. The molecule has 1 fully saturated rings. The van der Waals surface area contributed by atoms with E-state index in [2.05, 4.69) is 4.98 Å². The molecular weight excluding hydrogens is 196 g/mol. The van der Waals surface area contributed by atoms with Crippen LogP contribution in [0.4, 0.5) is 0 Å². The SMILES string of the molecule is NCCc1coc(CC2CCCS2)n1. The monoisotopic (exact) mass is 212 g/mol. The smallest absolute Gasteiger partial charge is 0.195 e. The summed E-state index contributed by atoms with van der Waals surface area (Å²) in [6, 6.07) is 0. The van der Waals surface area contributed by atoms with Crippen LogP contribution < -0.4 is 5.73 Å². The second kappa shape index (κ2) is 4.84. The predicted octanol–water partition coefficient (Wildman–Crippen LogP) is 1.61. The van der Waals surface area contributed by atoms with Crippen LogP contribution in [0.5, 0.6) is 0 Å². The van der Waals surface area contributed by atoms with Crippen molar-refractivity contribution in [1.29, 1.82) is 0 Å². The number of aromatic nitrogens is 1. The van der Waals surface area contributed by atoms with Gasteiger partial charge in [-0.05, 0) is 25.1 Å². The fourth-order valence-corrected chi connectivity index (χ4v) is 2.97. The highest BCUT2D eigenvalue weighted by Gasteiger charge is 2.18. The third kappa shape index (κ3) is 2.51. The summed E-state index contributed by atoms with van der Waals surface area (Å²) in [5.41, 5.74) is 6.44. The molecule has 1 aliphatic heterocycles. The summed E-state index contributed by atoms with van der Waals surface area (Å²) in [5.74, 6) is 2.17. The van der Waals surface area contributed by atoms with E-state index in [0.29, 0.717) is 6.54 Å². The first kappa shape index (κ1) is 10.1. The molecule has 4 heteroatoms.